The van der Waals surface area contributed by atoms with Crippen LogP contribution in [0.25, 0.3) is 11.5 Å². The molecular formula is C12H13ClN2O. The van der Waals surface area contributed by atoms with Crippen LogP contribution in [0.5, 0.6) is 0 Å². The molecule has 0 atom stereocenters. The van der Waals surface area contributed by atoms with Gasteiger partial charge in [-0.15, -0.1) is 21.8 Å². The fraction of sp³-hybridized carbons (Fsp3) is 0.333. The zero-order chi connectivity index (χ0) is 11.5. The van der Waals surface area contributed by atoms with Crippen molar-refractivity contribution in [2.24, 2.45) is 0 Å². The molecule has 0 aliphatic rings. The molecule has 1 aromatic heterocycles. The standard InChI is InChI=1S/C12H13ClN2O/c1-8-3-4-9(2)10(7-8)12-15-14-11(16-12)5-6-13/h3-4,7H,5-6H2,1-2H3. The molecule has 0 saturated carbocycles. The fourth-order valence-corrected chi connectivity index (χ4v) is 1.67. The topological polar surface area (TPSA) is 38.9 Å². The van der Waals surface area contributed by atoms with E-state index >= 15 is 0 Å². The Bertz CT molecular complexity index is 494. The summed E-state index contributed by atoms with van der Waals surface area (Å²) in [5, 5.41) is 7.98. The third kappa shape index (κ3) is 2.25. The Kier molecular flexibility index (Phi) is 3.25. The predicted molar refractivity (Wildman–Crippen MR) is 63.6 cm³/mol. The maximum Gasteiger partial charge on any atom is 0.248 e. The Labute approximate surface area is 99.5 Å². The third-order valence-electron chi connectivity index (χ3n) is 2.40. The van der Waals surface area contributed by atoms with Crippen molar-refractivity contribution >= 4 is 11.6 Å². The Hall–Kier alpha value is -1.35. The van der Waals surface area contributed by atoms with Crippen molar-refractivity contribution < 1.29 is 4.42 Å². The van der Waals surface area contributed by atoms with Crippen LogP contribution in [0.3, 0.4) is 0 Å². The average molecular weight is 237 g/mol. The van der Waals surface area contributed by atoms with Crippen LogP contribution in [0.2, 0.25) is 0 Å². The van der Waals surface area contributed by atoms with Gasteiger partial charge in [0, 0.05) is 17.9 Å². The molecule has 0 bridgehead atoms. The summed E-state index contributed by atoms with van der Waals surface area (Å²) in [6, 6.07) is 6.16. The van der Waals surface area contributed by atoms with Gasteiger partial charge in [0.05, 0.1) is 0 Å². The molecule has 0 aliphatic carbocycles. The van der Waals surface area contributed by atoms with E-state index in [0.717, 1.165) is 11.1 Å². The van der Waals surface area contributed by atoms with Gasteiger partial charge in [-0.3, -0.25) is 0 Å². The van der Waals surface area contributed by atoms with E-state index in [1.807, 2.05) is 19.9 Å². The van der Waals surface area contributed by atoms with Gasteiger partial charge in [0.1, 0.15) is 0 Å². The van der Waals surface area contributed by atoms with Crippen LogP contribution < -0.4 is 0 Å². The normalized spacial score (nSPS) is 10.7. The van der Waals surface area contributed by atoms with Crippen LogP contribution >= 0.6 is 11.6 Å². The lowest BCUT2D eigenvalue weighted by atomic mass is 10.1. The first-order valence-electron chi connectivity index (χ1n) is 5.16. The second kappa shape index (κ2) is 4.66. The molecule has 0 aliphatic heterocycles. The van der Waals surface area contributed by atoms with Gasteiger partial charge in [-0.1, -0.05) is 17.7 Å². The monoisotopic (exact) mass is 236 g/mol. The van der Waals surface area contributed by atoms with Gasteiger partial charge in [-0.25, -0.2) is 0 Å². The lowest BCUT2D eigenvalue weighted by Gasteiger charge is -2.01. The van der Waals surface area contributed by atoms with Gasteiger partial charge in [0.25, 0.3) is 0 Å². The van der Waals surface area contributed by atoms with Crippen molar-refractivity contribution in [3.8, 4) is 11.5 Å². The van der Waals surface area contributed by atoms with Crippen LogP contribution in [-0.2, 0) is 6.42 Å². The van der Waals surface area contributed by atoms with Crippen molar-refractivity contribution in [1.82, 2.24) is 10.2 Å². The van der Waals surface area contributed by atoms with E-state index in [0.29, 0.717) is 24.1 Å². The molecule has 2 rings (SSSR count). The maximum absolute atomic E-state index is 5.62. The van der Waals surface area contributed by atoms with Gasteiger partial charge in [0.2, 0.25) is 11.8 Å². The highest BCUT2D eigenvalue weighted by Crippen LogP contribution is 2.23. The van der Waals surface area contributed by atoms with Crippen molar-refractivity contribution in [2.45, 2.75) is 20.3 Å². The molecule has 0 saturated heterocycles. The van der Waals surface area contributed by atoms with E-state index in [1.54, 1.807) is 0 Å². The molecule has 4 heteroatoms. The third-order valence-corrected chi connectivity index (χ3v) is 2.59. The lowest BCUT2D eigenvalue weighted by molar-refractivity contribution is 0.513. The summed E-state index contributed by atoms with van der Waals surface area (Å²) < 4.78 is 5.54. The number of hydrogen-bond acceptors (Lipinski definition) is 3. The van der Waals surface area contributed by atoms with E-state index < -0.39 is 0 Å². The summed E-state index contributed by atoms with van der Waals surface area (Å²) in [5.74, 6) is 1.65. The molecule has 16 heavy (non-hydrogen) atoms. The van der Waals surface area contributed by atoms with Crippen molar-refractivity contribution in [3.05, 3.63) is 35.2 Å². The number of aromatic nitrogens is 2. The molecule has 0 unspecified atom stereocenters. The number of aryl methyl sites for hydroxylation is 3. The smallest absolute Gasteiger partial charge is 0.248 e. The van der Waals surface area contributed by atoms with Crippen LogP contribution in [0.1, 0.15) is 17.0 Å². The average Bonchev–Trinajstić information content (AvgIpc) is 2.71. The van der Waals surface area contributed by atoms with Crippen LogP contribution in [0.4, 0.5) is 0 Å². The molecular weight excluding hydrogens is 224 g/mol. The largest absolute Gasteiger partial charge is 0.421 e. The summed E-state index contributed by atoms with van der Waals surface area (Å²) >= 11 is 5.62. The minimum atomic E-state index is 0.494. The zero-order valence-corrected chi connectivity index (χ0v) is 10.1. The Balaban J connectivity index is 2.38. The minimum Gasteiger partial charge on any atom is -0.421 e. The highest BCUT2D eigenvalue weighted by Gasteiger charge is 2.10. The number of benzene rings is 1. The highest BCUT2D eigenvalue weighted by atomic mass is 35.5. The van der Waals surface area contributed by atoms with Crippen LogP contribution in [-0.4, -0.2) is 16.1 Å². The van der Waals surface area contributed by atoms with E-state index in [1.165, 1.54) is 5.56 Å². The molecule has 0 N–H and O–H groups in total. The predicted octanol–water partition coefficient (Wildman–Crippen LogP) is 3.13. The first kappa shape index (κ1) is 11.1. The van der Waals surface area contributed by atoms with Crippen LogP contribution in [0.15, 0.2) is 22.6 Å². The molecule has 84 valence electrons. The molecule has 1 heterocycles. The number of nitrogens with zero attached hydrogens (tertiary/aromatic N) is 2. The number of hydrogen-bond donors (Lipinski definition) is 0. The highest BCUT2D eigenvalue weighted by molar-refractivity contribution is 6.17. The number of alkyl halides is 1. The first-order chi connectivity index (χ1) is 7.70. The quantitative estimate of drug-likeness (QED) is 0.769. The molecule has 0 amide bonds. The van der Waals surface area contributed by atoms with Gasteiger partial charge in [-0.05, 0) is 25.5 Å². The molecule has 3 nitrogen and oxygen atoms in total. The van der Waals surface area contributed by atoms with E-state index in [2.05, 4.69) is 22.3 Å². The van der Waals surface area contributed by atoms with Gasteiger partial charge in [0.15, 0.2) is 0 Å². The van der Waals surface area contributed by atoms with Crippen LogP contribution in [0, 0.1) is 13.8 Å². The first-order valence-corrected chi connectivity index (χ1v) is 5.70. The summed E-state index contributed by atoms with van der Waals surface area (Å²) in [4.78, 5) is 0. The van der Waals surface area contributed by atoms with E-state index in [-0.39, 0.29) is 0 Å². The molecule has 0 radical (unpaired) electrons. The zero-order valence-electron chi connectivity index (χ0n) is 9.33. The second-order valence-electron chi connectivity index (χ2n) is 3.76. The van der Waals surface area contributed by atoms with Crippen molar-refractivity contribution in [1.29, 1.82) is 0 Å². The Morgan fingerprint density at radius 2 is 2.06 bits per heavy atom. The summed E-state index contributed by atoms with van der Waals surface area (Å²) in [6.07, 6.45) is 0.611. The van der Waals surface area contributed by atoms with E-state index in [4.69, 9.17) is 16.0 Å². The van der Waals surface area contributed by atoms with Gasteiger partial charge in [-0.2, -0.15) is 0 Å². The molecule has 2 aromatic rings. The number of halogens is 1. The Morgan fingerprint density at radius 1 is 1.25 bits per heavy atom. The Morgan fingerprint density at radius 3 is 2.81 bits per heavy atom. The maximum atomic E-state index is 5.62. The fourth-order valence-electron chi connectivity index (χ4n) is 1.51. The summed E-state index contributed by atoms with van der Waals surface area (Å²) in [6.45, 7) is 4.07. The van der Waals surface area contributed by atoms with Gasteiger partial charge < -0.3 is 4.42 Å². The molecule has 1 aromatic carbocycles. The SMILES string of the molecule is Cc1ccc(C)c(-c2nnc(CCCl)o2)c1. The second-order valence-corrected chi connectivity index (χ2v) is 4.14. The summed E-state index contributed by atoms with van der Waals surface area (Å²) in [7, 11) is 0. The molecule has 0 fully saturated rings. The lowest BCUT2D eigenvalue weighted by Crippen LogP contribution is -1.84. The summed E-state index contributed by atoms with van der Waals surface area (Å²) in [5.41, 5.74) is 3.30. The van der Waals surface area contributed by atoms with Crippen molar-refractivity contribution in [3.63, 3.8) is 0 Å². The molecule has 0 spiro atoms. The number of rotatable bonds is 3. The van der Waals surface area contributed by atoms with Crippen molar-refractivity contribution in [2.75, 3.05) is 5.88 Å². The van der Waals surface area contributed by atoms with E-state index in [9.17, 15) is 0 Å². The minimum absolute atomic E-state index is 0.494. The van der Waals surface area contributed by atoms with Gasteiger partial charge >= 0.3 is 0 Å².